The van der Waals surface area contributed by atoms with Gasteiger partial charge in [-0.05, 0) is 18.6 Å². The van der Waals surface area contributed by atoms with Gasteiger partial charge in [0.15, 0.2) is 0 Å². The summed E-state index contributed by atoms with van der Waals surface area (Å²) in [5.74, 6) is -1.80. The molecule has 1 amide bonds. The molecule has 0 fully saturated rings. The van der Waals surface area contributed by atoms with E-state index in [9.17, 15) is 19.5 Å². The summed E-state index contributed by atoms with van der Waals surface area (Å²) >= 11 is 0. The van der Waals surface area contributed by atoms with Crippen LogP contribution in [0.25, 0.3) is 0 Å². The lowest BCUT2D eigenvalue weighted by Gasteiger charge is -2.17. The van der Waals surface area contributed by atoms with Crippen LogP contribution in [-0.2, 0) is 0 Å². The molecule has 6 heteroatoms. The molecule has 2 rings (SSSR count). The number of carbonyl (C=O) groups excluding carboxylic acids is 1. The Morgan fingerprint density at radius 2 is 1.86 bits per heavy atom. The number of benzene rings is 1. The van der Waals surface area contributed by atoms with E-state index in [1.165, 1.54) is 17.8 Å². The molecule has 0 bridgehead atoms. The maximum absolute atomic E-state index is 12.5. The fourth-order valence-electron chi connectivity index (χ4n) is 2.20. The molecule has 0 saturated carbocycles. The van der Waals surface area contributed by atoms with Gasteiger partial charge in [0.05, 0.1) is 11.6 Å². The number of hydrogen-bond donors (Lipinski definition) is 2. The van der Waals surface area contributed by atoms with Gasteiger partial charge >= 0.3 is 5.97 Å². The number of amides is 1. The molecule has 114 valence electrons. The molecule has 0 unspecified atom stereocenters. The Bertz CT molecular complexity index is 765. The average Bonchev–Trinajstić information content (AvgIpc) is 2.54. The number of carboxylic acid groups (broad SMARTS) is 1. The summed E-state index contributed by atoms with van der Waals surface area (Å²) in [6, 6.07) is 9.89. The van der Waals surface area contributed by atoms with E-state index < -0.39 is 23.5 Å². The monoisotopic (exact) mass is 300 g/mol. The average molecular weight is 300 g/mol. The van der Waals surface area contributed by atoms with E-state index in [1.807, 2.05) is 30.3 Å². The number of rotatable bonds is 4. The lowest BCUT2D eigenvalue weighted by atomic mass is 10.1. The SMILES string of the molecule is CNC(=O)c1cc(C(=O)O)cn([C@H](C)c2ccccc2)c1=O. The van der Waals surface area contributed by atoms with Crippen LogP contribution >= 0.6 is 0 Å². The smallest absolute Gasteiger partial charge is 0.337 e. The van der Waals surface area contributed by atoms with Crippen molar-refractivity contribution in [3.63, 3.8) is 0 Å². The number of carbonyl (C=O) groups is 2. The number of nitrogens with one attached hydrogen (secondary N) is 1. The highest BCUT2D eigenvalue weighted by Gasteiger charge is 2.19. The van der Waals surface area contributed by atoms with Crippen molar-refractivity contribution in [1.29, 1.82) is 0 Å². The van der Waals surface area contributed by atoms with Crippen molar-refractivity contribution < 1.29 is 14.7 Å². The van der Waals surface area contributed by atoms with Gasteiger partial charge in [-0.15, -0.1) is 0 Å². The molecular formula is C16H16N2O4. The molecule has 2 aromatic rings. The highest BCUT2D eigenvalue weighted by molar-refractivity contribution is 5.96. The van der Waals surface area contributed by atoms with Gasteiger partial charge in [-0.1, -0.05) is 30.3 Å². The second kappa shape index (κ2) is 6.26. The van der Waals surface area contributed by atoms with Gasteiger partial charge in [0.1, 0.15) is 5.56 Å². The Balaban J connectivity index is 2.64. The first-order valence-electron chi connectivity index (χ1n) is 6.72. The summed E-state index contributed by atoms with van der Waals surface area (Å²) in [6.45, 7) is 1.77. The van der Waals surface area contributed by atoms with Gasteiger partial charge in [-0.2, -0.15) is 0 Å². The van der Waals surface area contributed by atoms with Crippen LogP contribution < -0.4 is 10.9 Å². The van der Waals surface area contributed by atoms with Crippen molar-refractivity contribution in [2.45, 2.75) is 13.0 Å². The van der Waals surface area contributed by atoms with E-state index in [2.05, 4.69) is 5.32 Å². The number of pyridine rings is 1. The standard InChI is InChI=1S/C16H16N2O4/c1-10(11-6-4-3-5-7-11)18-9-12(16(21)22)8-13(15(18)20)14(19)17-2/h3-10H,1-2H3,(H,17,19)(H,21,22)/t10-/m1/s1. The maximum Gasteiger partial charge on any atom is 0.337 e. The molecule has 0 saturated heterocycles. The number of aromatic carboxylic acids is 1. The minimum Gasteiger partial charge on any atom is -0.478 e. The van der Waals surface area contributed by atoms with Crippen molar-refractivity contribution in [3.8, 4) is 0 Å². The summed E-state index contributed by atoms with van der Waals surface area (Å²) in [7, 11) is 1.39. The van der Waals surface area contributed by atoms with Gasteiger partial charge in [-0.25, -0.2) is 4.79 Å². The van der Waals surface area contributed by atoms with Crippen molar-refractivity contribution >= 4 is 11.9 Å². The summed E-state index contributed by atoms with van der Waals surface area (Å²) < 4.78 is 1.27. The van der Waals surface area contributed by atoms with Gasteiger partial charge in [-0.3, -0.25) is 9.59 Å². The molecule has 0 radical (unpaired) electrons. The molecule has 0 spiro atoms. The molecule has 22 heavy (non-hydrogen) atoms. The van der Waals surface area contributed by atoms with Crippen LogP contribution in [0, 0.1) is 0 Å². The second-order valence-corrected chi connectivity index (χ2v) is 4.83. The number of carboxylic acids is 1. The highest BCUT2D eigenvalue weighted by Crippen LogP contribution is 2.16. The molecule has 1 atom stereocenters. The van der Waals surface area contributed by atoms with E-state index in [-0.39, 0.29) is 11.1 Å². The maximum atomic E-state index is 12.5. The molecule has 6 nitrogen and oxygen atoms in total. The summed E-state index contributed by atoms with van der Waals surface area (Å²) in [5.41, 5.74) is 0.0156. The largest absolute Gasteiger partial charge is 0.478 e. The zero-order valence-corrected chi connectivity index (χ0v) is 12.2. The van der Waals surface area contributed by atoms with E-state index in [4.69, 9.17) is 0 Å². The predicted octanol–water partition coefficient (Wildman–Crippen LogP) is 1.52. The molecule has 1 heterocycles. The fraction of sp³-hybridized carbons (Fsp3) is 0.188. The topological polar surface area (TPSA) is 88.4 Å². The van der Waals surface area contributed by atoms with Crippen LogP contribution in [0.3, 0.4) is 0 Å². The molecule has 0 aliphatic rings. The van der Waals surface area contributed by atoms with Crippen LogP contribution in [0.2, 0.25) is 0 Å². The zero-order chi connectivity index (χ0) is 16.3. The van der Waals surface area contributed by atoms with Crippen molar-refractivity contribution in [2.24, 2.45) is 0 Å². The number of aromatic nitrogens is 1. The highest BCUT2D eigenvalue weighted by atomic mass is 16.4. The Kier molecular flexibility index (Phi) is 4.41. The van der Waals surface area contributed by atoms with Crippen molar-refractivity contribution in [2.75, 3.05) is 7.05 Å². The molecule has 0 aliphatic carbocycles. The van der Waals surface area contributed by atoms with E-state index >= 15 is 0 Å². The van der Waals surface area contributed by atoms with Crippen LogP contribution in [0.15, 0.2) is 47.4 Å². The Morgan fingerprint density at radius 3 is 2.41 bits per heavy atom. The van der Waals surface area contributed by atoms with Gasteiger partial charge < -0.3 is 15.0 Å². The second-order valence-electron chi connectivity index (χ2n) is 4.83. The minimum atomic E-state index is -1.20. The van der Waals surface area contributed by atoms with E-state index in [1.54, 1.807) is 6.92 Å². The van der Waals surface area contributed by atoms with Gasteiger partial charge in [0.2, 0.25) is 0 Å². The van der Waals surface area contributed by atoms with Crippen molar-refractivity contribution in [3.05, 3.63) is 69.6 Å². The first-order chi connectivity index (χ1) is 10.5. The quantitative estimate of drug-likeness (QED) is 0.896. The van der Waals surface area contributed by atoms with Gasteiger partial charge in [0, 0.05) is 13.2 Å². The first kappa shape index (κ1) is 15.5. The lowest BCUT2D eigenvalue weighted by Crippen LogP contribution is -2.33. The fourth-order valence-corrected chi connectivity index (χ4v) is 2.20. The van der Waals surface area contributed by atoms with Crippen LogP contribution in [-0.4, -0.2) is 28.6 Å². The zero-order valence-electron chi connectivity index (χ0n) is 12.2. The van der Waals surface area contributed by atoms with Crippen molar-refractivity contribution in [1.82, 2.24) is 9.88 Å². The van der Waals surface area contributed by atoms with Crippen LogP contribution in [0.1, 0.15) is 39.2 Å². The molecule has 2 N–H and O–H groups in total. The Morgan fingerprint density at radius 1 is 1.23 bits per heavy atom. The predicted molar refractivity (Wildman–Crippen MR) is 81.3 cm³/mol. The Hall–Kier alpha value is -2.89. The normalized spacial score (nSPS) is 11.7. The third-order valence-corrected chi connectivity index (χ3v) is 3.46. The minimum absolute atomic E-state index is 0.110. The number of hydrogen-bond acceptors (Lipinski definition) is 3. The number of nitrogens with zero attached hydrogens (tertiary/aromatic N) is 1. The molecule has 1 aromatic heterocycles. The van der Waals surface area contributed by atoms with E-state index in [0.29, 0.717) is 0 Å². The lowest BCUT2D eigenvalue weighted by molar-refractivity contribution is 0.0695. The molecule has 0 aliphatic heterocycles. The molecular weight excluding hydrogens is 284 g/mol. The summed E-state index contributed by atoms with van der Waals surface area (Å²) in [5, 5.41) is 11.5. The first-order valence-corrected chi connectivity index (χ1v) is 6.72. The third-order valence-electron chi connectivity index (χ3n) is 3.46. The Labute approximate surface area is 127 Å². The van der Waals surface area contributed by atoms with Gasteiger partial charge in [0.25, 0.3) is 11.5 Å². The van der Waals surface area contributed by atoms with Crippen LogP contribution in [0.5, 0.6) is 0 Å². The summed E-state index contributed by atoms with van der Waals surface area (Å²) in [6.07, 6.45) is 1.26. The van der Waals surface area contributed by atoms with E-state index in [0.717, 1.165) is 11.6 Å². The van der Waals surface area contributed by atoms with Crippen LogP contribution in [0.4, 0.5) is 0 Å². The molecule has 1 aromatic carbocycles. The third kappa shape index (κ3) is 2.90. The summed E-state index contributed by atoms with van der Waals surface area (Å²) in [4.78, 5) is 35.5.